The maximum absolute atomic E-state index is 12.8. The summed E-state index contributed by atoms with van der Waals surface area (Å²) in [6.45, 7) is 6.83. The second-order valence-corrected chi connectivity index (χ2v) is 7.27. The van der Waals surface area contributed by atoms with E-state index in [1.54, 1.807) is 17.0 Å². The van der Waals surface area contributed by atoms with Crippen molar-refractivity contribution < 1.29 is 9.90 Å². The molecule has 2 rings (SSSR count). The van der Waals surface area contributed by atoms with E-state index in [2.05, 4.69) is 5.32 Å². The molecule has 0 aromatic heterocycles. The number of hydrogen-bond acceptors (Lipinski definition) is 2. The van der Waals surface area contributed by atoms with E-state index in [-0.39, 0.29) is 12.6 Å². The highest BCUT2D eigenvalue weighted by Gasteiger charge is 2.16. The Kier molecular flexibility index (Phi) is 7.33. The maximum Gasteiger partial charge on any atom is 0.322 e. The largest absolute Gasteiger partial charge is 0.396 e. The van der Waals surface area contributed by atoms with Crippen LogP contribution in [0.3, 0.4) is 0 Å². The lowest BCUT2D eigenvalue weighted by molar-refractivity contribution is 0.199. The molecule has 140 valence electrons. The van der Waals surface area contributed by atoms with Crippen molar-refractivity contribution in [3.8, 4) is 0 Å². The van der Waals surface area contributed by atoms with Crippen LogP contribution in [0.4, 0.5) is 10.5 Å². The number of anilines is 1. The molecule has 0 atom stereocenters. The number of hydrogen-bond donors (Lipinski definition) is 2. The van der Waals surface area contributed by atoms with Crippen LogP contribution in [0.5, 0.6) is 0 Å². The summed E-state index contributed by atoms with van der Waals surface area (Å²) in [5.41, 5.74) is 4.90. The van der Waals surface area contributed by atoms with Crippen LogP contribution >= 0.6 is 23.2 Å². The van der Waals surface area contributed by atoms with Gasteiger partial charge in [0.15, 0.2) is 0 Å². The third-order valence-electron chi connectivity index (χ3n) is 4.14. The number of halogens is 2. The molecule has 26 heavy (non-hydrogen) atoms. The Balaban J connectivity index is 2.20. The molecule has 2 aromatic carbocycles. The minimum Gasteiger partial charge on any atom is -0.396 e. The fourth-order valence-electron chi connectivity index (χ4n) is 2.94. The molecule has 0 saturated carbocycles. The average Bonchev–Trinajstić information content (AvgIpc) is 2.57. The van der Waals surface area contributed by atoms with Crippen molar-refractivity contribution in [3.05, 3.63) is 62.6 Å². The van der Waals surface area contributed by atoms with Gasteiger partial charge in [0, 0.05) is 25.4 Å². The first-order chi connectivity index (χ1) is 12.3. The Morgan fingerprint density at radius 1 is 1.08 bits per heavy atom. The summed E-state index contributed by atoms with van der Waals surface area (Å²) in [6, 6.07) is 9.19. The maximum atomic E-state index is 12.8. The van der Waals surface area contributed by atoms with Crippen molar-refractivity contribution >= 4 is 34.9 Å². The highest BCUT2D eigenvalue weighted by molar-refractivity contribution is 6.42. The molecule has 6 heteroatoms. The molecule has 2 aromatic rings. The normalized spacial score (nSPS) is 10.7. The van der Waals surface area contributed by atoms with Gasteiger partial charge >= 0.3 is 6.03 Å². The fourth-order valence-corrected chi connectivity index (χ4v) is 3.26. The molecule has 0 aliphatic heterocycles. The number of aryl methyl sites for hydroxylation is 3. The van der Waals surface area contributed by atoms with Crippen molar-refractivity contribution in [2.45, 2.75) is 33.7 Å². The lowest BCUT2D eigenvalue weighted by Crippen LogP contribution is -2.36. The molecule has 0 aliphatic rings. The Hall–Kier alpha value is -1.75. The number of nitrogens with one attached hydrogen (secondary N) is 1. The second kappa shape index (κ2) is 9.26. The molecule has 0 spiro atoms. The first-order valence-corrected chi connectivity index (χ1v) is 9.26. The minimum atomic E-state index is -0.209. The van der Waals surface area contributed by atoms with Gasteiger partial charge in [-0.05, 0) is 56.0 Å². The quantitative estimate of drug-likeness (QED) is 0.694. The van der Waals surface area contributed by atoms with Gasteiger partial charge in [0.2, 0.25) is 0 Å². The molecule has 0 saturated heterocycles. The monoisotopic (exact) mass is 394 g/mol. The average molecular weight is 395 g/mol. The number of amides is 2. The first kappa shape index (κ1) is 20.6. The van der Waals surface area contributed by atoms with Crippen molar-refractivity contribution in [1.82, 2.24) is 4.90 Å². The third-order valence-corrected chi connectivity index (χ3v) is 4.88. The lowest BCUT2D eigenvalue weighted by atomic mass is 10.1. The lowest BCUT2D eigenvalue weighted by Gasteiger charge is -2.24. The predicted octanol–water partition coefficient (Wildman–Crippen LogP) is 5.34. The Morgan fingerprint density at radius 2 is 1.73 bits per heavy atom. The number of aliphatic hydroxyl groups excluding tert-OH is 1. The number of benzene rings is 2. The highest BCUT2D eigenvalue weighted by atomic mass is 35.5. The molecule has 4 nitrogen and oxygen atoms in total. The van der Waals surface area contributed by atoms with Crippen molar-refractivity contribution in [1.29, 1.82) is 0 Å². The minimum absolute atomic E-state index is 0.0216. The number of carbonyl (C=O) groups is 1. The van der Waals surface area contributed by atoms with Gasteiger partial charge in [-0.25, -0.2) is 4.79 Å². The molecule has 0 unspecified atom stereocenters. The molecule has 2 N–H and O–H groups in total. The summed E-state index contributed by atoms with van der Waals surface area (Å²) in [4.78, 5) is 14.5. The zero-order valence-electron chi connectivity index (χ0n) is 15.3. The molecule has 0 aliphatic carbocycles. The van der Waals surface area contributed by atoms with Crippen LogP contribution in [0.2, 0.25) is 10.0 Å². The Labute approximate surface area is 164 Å². The van der Waals surface area contributed by atoms with E-state index in [0.29, 0.717) is 29.6 Å². The molecule has 2 amide bonds. The fraction of sp³-hybridized carbons (Fsp3) is 0.350. The van der Waals surface area contributed by atoms with Crippen LogP contribution in [0.15, 0.2) is 30.3 Å². The van der Waals surface area contributed by atoms with E-state index in [1.807, 2.05) is 39.0 Å². The number of nitrogens with zero attached hydrogens (tertiary/aromatic N) is 1. The van der Waals surface area contributed by atoms with Crippen molar-refractivity contribution in [2.75, 3.05) is 18.5 Å². The van der Waals surface area contributed by atoms with Gasteiger partial charge in [-0.2, -0.15) is 0 Å². The first-order valence-electron chi connectivity index (χ1n) is 8.50. The number of rotatable bonds is 6. The van der Waals surface area contributed by atoms with E-state index in [9.17, 15) is 4.79 Å². The molecule has 0 radical (unpaired) electrons. The summed E-state index contributed by atoms with van der Waals surface area (Å²) in [5.74, 6) is 0. The Bertz CT molecular complexity index is 770. The van der Waals surface area contributed by atoms with Crippen LogP contribution in [-0.2, 0) is 6.54 Å². The van der Waals surface area contributed by atoms with Crippen LogP contribution in [0, 0.1) is 20.8 Å². The number of carbonyl (C=O) groups excluding carboxylic acids is 1. The summed E-state index contributed by atoms with van der Waals surface area (Å²) >= 11 is 12.0. The summed E-state index contributed by atoms with van der Waals surface area (Å²) in [6.07, 6.45) is 0.501. The zero-order valence-corrected chi connectivity index (χ0v) is 16.8. The summed E-state index contributed by atoms with van der Waals surface area (Å²) in [5, 5.41) is 13.1. The summed E-state index contributed by atoms with van der Waals surface area (Å²) < 4.78 is 0. The van der Waals surface area contributed by atoms with Gasteiger partial charge < -0.3 is 15.3 Å². The third kappa shape index (κ3) is 5.37. The number of urea groups is 1. The van der Waals surface area contributed by atoms with E-state index < -0.39 is 0 Å². The van der Waals surface area contributed by atoms with Crippen molar-refractivity contribution in [3.63, 3.8) is 0 Å². The molecule has 0 bridgehead atoms. The summed E-state index contributed by atoms with van der Waals surface area (Å²) in [7, 11) is 0. The van der Waals surface area contributed by atoms with E-state index >= 15 is 0 Å². The van der Waals surface area contributed by atoms with Crippen LogP contribution in [-0.4, -0.2) is 29.2 Å². The van der Waals surface area contributed by atoms with E-state index in [0.717, 1.165) is 27.9 Å². The highest BCUT2D eigenvalue weighted by Crippen LogP contribution is 2.25. The smallest absolute Gasteiger partial charge is 0.322 e. The molecule has 0 fully saturated rings. The van der Waals surface area contributed by atoms with E-state index in [4.69, 9.17) is 28.3 Å². The van der Waals surface area contributed by atoms with Gasteiger partial charge in [-0.3, -0.25) is 0 Å². The van der Waals surface area contributed by atoms with Crippen LogP contribution in [0.25, 0.3) is 0 Å². The second-order valence-electron chi connectivity index (χ2n) is 6.45. The van der Waals surface area contributed by atoms with Gasteiger partial charge in [0.05, 0.1) is 10.0 Å². The molecular formula is C20H24Cl2N2O2. The molecular weight excluding hydrogens is 371 g/mol. The standard InChI is InChI=1S/C20H24Cl2N2O2/c1-13-9-14(2)19(15(3)10-13)23-20(26)24(7-4-8-25)12-16-5-6-17(21)18(22)11-16/h5-6,9-11,25H,4,7-8,12H2,1-3H3,(H,23,26). The van der Waals surface area contributed by atoms with Gasteiger partial charge in [0.25, 0.3) is 0 Å². The van der Waals surface area contributed by atoms with Gasteiger partial charge in [0.1, 0.15) is 0 Å². The van der Waals surface area contributed by atoms with Gasteiger partial charge in [-0.1, -0.05) is 47.0 Å². The van der Waals surface area contributed by atoms with Gasteiger partial charge in [-0.15, -0.1) is 0 Å². The van der Waals surface area contributed by atoms with Crippen molar-refractivity contribution in [2.24, 2.45) is 0 Å². The Morgan fingerprint density at radius 3 is 2.31 bits per heavy atom. The van der Waals surface area contributed by atoms with Crippen LogP contribution < -0.4 is 5.32 Å². The SMILES string of the molecule is Cc1cc(C)c(NC(=O)N(CCCO)Cc2ccc(Cl)c(Cl)c2)c(C)c1. The molecule has 0 heterocycles. The topological polar surface area (TPSA) is 52.6 Å². The number of aliphatic hydroxyl groups is 1. The van der Waals surface area contributed by atoms with E-state index in [1.165, 1.54) is 0 Å². The predicted molar refractivity (Wildman–Crippen MR) is 108 cm³/mol. The van der Waals surface area contributed by atoms with Crippen LogP contribution in [0.1, 0.15) is 28.7 Å². The zero-order chi connectivity index (χ0) is 19.3.